The van der Waals surface area contributed by atoms with E-state index in [2.05, 4.69) is 5.32 Å². The molecule has 1 heterocycles. The Morgan fingerprint density at radius 1 is 1.05 bits per heavy atom. The van der Waals surface area contributed by atoms with Crippen LogP contribution >= 0.6 is 0 Å². The van der Waals surface area contributed by atoms with E-state index in [0.717, 1.165) is 40.7 Å². The highest BCUT2D eigenvalue weighted by atomic mass is 32.2. The second-order valence-corrected chi connectivity index (χ2v) is 11.7. The predicted molar refractivity (Wildman–Crippen MR) is 135 cm³/mol. The van der Waals surface area contributed by atoms with Crippen LogP contribution in [0.2, 0.25) is 0 Å². The first-order valence-corrected chi connectivity index (χ1v) is 13.3. The summed E-state index contributed by atoms with van der Waals surface area (Å²) in [5, 5.41) is 2.75. The van der Waals surface area contributed by atoms with E-state index in [0.29, 0.717) is 6.07 Å². The second kappa shape index (κ2) is 10.1. The predicted octanol–water partition coefficient (Wildman–Crippen LogP) is 5.91. The normalized spacial score (nSPS) is 15.9. The molecular weight excluding hydrogens is 543 g/mol. The molecule has 0 saturated carbocycles. The van der Waals surface area contributed by atoms with Gasteiger partial charge < -0.3 is 10.1 Å². The van der Waals surface area contributed by atoms with E-state index in [1.54, 1.807) is 13.8 Å². The van der Waals surface area contributed by atoms with Gasteiger partial charge in [0, 0.05) is 24.4 Å². The number of rotatable bonds is 6. The minimum Gasteiger partial charge on any atom is -0.486 e. The highest BCUT2D eigenvalue weighted by Gasteiger charge is 2.39. The molecule has 0 aliphatic carbocycles. The van der Waals surface area contributed by atoms with Crippen LogP contribution in [0.3, 0.4) is 0 Å². The molecule has 1 atom stereocenters. The van der Waals surface area contributed by atoms with E-state index in [-0.39, 0.29) is 41.4 Å². The van der Waals surface area contributed by atoms with Crippen LogP contribution in [0.15, 0.2) is 65.6 Å². The van der Waals surface area contributed by atoms with Gasteiger partial charge in [-0.05, 0) is 67.9 Å². The van der Waals surface area contributed by atoms with Crippen LogP contribution < -0.4 is 14.4 Å². The topological polar surface area (TPSA) is 75.7 Å². The van der Waals surface area contributed by atoms with Crippen molar-refractivity contribution in [2.45, 2.75) is 49.9 Å². The van der Waals surface area contributed by atoms with E-state index < -0.39 is 49.9 Å². The van der Waals surface area contributed by atoms with Crippen LogP contribution in [0, 0.1) is 11.6 Å². The third kappa shape index (κ3) is 6.16. The summed E-state index contributed by atoms with van der Waals surface area (Å²) in [7, 11) is -4.59. The number of amides is 1. The van der Waals surface area contributed by atoms with E-state index in [9.17, 15) is 35.2 Å². The molecule has 1 aliphatic rings. The molecule has 3 aromatic rings. The van der Waals surface area contributed by atoms with E-state index in [1.165, 1.54) is 25.1 Å². The number of nitrogens with zero attached hydrogens (tertiary/aromatic N) is 1. The van der Waals surface area contributed by atoms with Crippen LogP contribution in [0.4, 0.5) is 27.6 Å². The number of sulfonamides is 1. The molecule has 4 rings (SSSR count). The fourth-order valence-corrected chi connectivity index (χ4v) is 6.13. The molecule has 1 N–H and O–H groups in total. The first kappa shape index (κ1) is 28.3. The van der Waals surface area contributed by atoms with Gasteiger partial charge in [0.25, 0.3) is 10.0 Å². The molecular formula is C27H25F5N2O4S. The van der Waals surface area contributed by atoms with Gasteiger partial charge in [-0.2, -0.15) is 13.2 Å². The van der Waals surface area contributed by atoms with Gasteiger partial charge in [-0.15, -0.1) is 0 Å². The molecule has 1 aliphatic heterocycles. The Labute approximate surface area is 222 Å². The molecule has 1 amide bonds. The summed E-state index contributed by atoms with van der Waals surface area (Å²) in [5.74, 6) is -1.71. The van der Waals surface area contributed by atoms with Crippen molar-refractivity contribution in [1.82, 2.24) is 5.32 Å². The van der Waals surface area contributed by atoms with Crippen molar-refractivity contribution in [3.8, 4) is 16.9 Å². The fourth-order valence-electron chi connectivity index (χ4n) is 4.59. The van der Waals surface area contributed by atoms with Gasteiger partial charge in [-0.25, -0.2) is 17.2 Å². The van der Waals surface area contributed by atoms with Crippen molar-refractivity contribution < 1.29 is 39.9 Å². The Bertz CT molecular complexity index is 1520. The Morgan fingerprint density at radius 3 is 2.44 bits per heavy atom. The number of hydrogen-bond donors (Lipinski definition) is 1. The number of nitrogens with one attached hydrogen (secondary N) is 1. The lowest BCUT2D eigenvalue weighted by molar-refractivity contribution is -0.137. The standard InChI is InChI=1S/C27H25F5N2O4S/c1-16(35)33-26(2,3)14-20-15-34(39(36,37)21-6-4-5-18(12-21)27(30,31)32)24-11-17(7-10-25(24)38-20)22-13-19(28)8-9-23(22)29/h4-13,20H,14-15H2,1-3H3,(H,33,35). The number of benzene rings is 3. The van der Waals surface area contributed by atoms with Gasteiger partial charge in [0.2, 0.25) is 5.91 Å². The zero-order chi connectivity index (χ0) is 28.8. The highest BCUT2D eigenvalue weighted by Crippen LogP contribution is 2.42. The summed E-state index contributed by atoms with van der Waals surface area (Å²) in [6.45, 7) is 4.45. The first-order chi connectivity index (χ1) is 18.1. The van der Waals surface area contributed by atoms with E-state index in [4.69, 9.17) is 4.74 Å². The summed E-state index contributed by atoms with van der Waals surface area (Å²) in [5.41, 5.74) is -2.01. The SMILES string of the molecule is CC(=O)NC(C)(C)CC1CN(S(=O)(=O)c2cccc(C(F)(F)F)c2)c2cc(-c3cc(F)ccc3F)ccc2O1. The number of hydrogen-bond acceptors (Lipinski definition) is 4. The number of anilines is 1. The summed E-state index contributed by atoms with van der Waals surface area (Å²) in [6.07, 6.45) is -5.43. The van der Waals surface area contributed by atoms with Crippen LogP contribution in [0.25, 0.3) is 11.1 Å². The Kier molecular flexibility index (Phi) is 7.37. The quantitative estimate of drug-likeness (QED) is 0.375. The molecule has 12 heteroatoms. The summed E-state index contributed by atoms with van der Waals surface area (Å²) < 4.78 is 103. The van der Waals surface area contributed by atoms with Crippen molar-refractivity contribution in [3.05, 3.63) is 77.9 Å². The van der Waals surface area contributed by atoms with Crippen LogP contribution in [0.1, 0.15) is 32.8 Å². The number of alkyl halides is 3. The third-order valence-electron chi connectivity index (χ3n) is 6.13. The number of carbonyl (C=O) groups is 1. The molecule has 0 spiro atoms. The summed E-state index contributed by atoms with van der Waals surface area (Å²) in [4.78, 5) is 11.0. The van der Waals surface area contributed by atoms with Crippen molar-refractivity contribution in [2.75, 3.05) is 10.8 Å². The maximum absolute atomic E-state index is 14.5. The lowest BCUT2D eigenvalue weighted by atomic mass is 9.95. The van der Waals surface area contributed by atoms with Crippen molar-refractivity contribution in [3.63, 3.8) is 0 Å². The average molecular weight is 569 g/mol. The summed E-state index contributed by atoms with van der Waals surface area (Å²) in [6, 6.07) is 10.3. The zero-order valence-electron chi connectivity index (χ0n) is 21.1. The van der Waals surface area contributed by atoms with Gasteiger partial charge in [0.15, 0.2) is 0 Å². The van der Waals surface area contributed by atoms with E-state index >= 15 is 0 Å². The largest absolute Gasteiger partial charge is 0.486 e. The number of carbonyl (C=O) groups excluding carboxylic acids is 1. The minimum atomic E-state index is -4.78. The highest BCUT2D eigenvalue weighted by molar-refractivity contribution is 7.92. The molecule has 3 aromatic carbocycles. The minimum absolute atomic E-state index is 0.0536. The molecule has 0 radical (unpaired) electrons. The van der Waals surface area contributed by atoms with Crippen LogP contribution in [-0.2, 0) is 21.0 Å². The second-order valence-electron chi connectivity index (χ2n) is 9.88. The van der Waals surface area contributed by atoms with Gasteiger partial charge in [0.1, 0.15) is 23.5 Å². The lowest BCUT2D eigenvalue weighted by Crippen LogP contribution is -2.50. The molecule has 0 bridgehead atoms. The third-order valence-corrected chi connectivity index (χ3v) is 7.91. The maximum atomic E-state index is 14.5. The lowest BCUT2D eigenvalue weighted by Gasteiger charge is -2.39. The Hall–Kier alpha value is -3.67. The Balaban J connectivity index is 1.83. The van der Waals surface area contributed by atoms with Gasteiger partial charge >= 0.3 is 6.18 Å². The van der Waals surface area contributed by atoms with Gasteiger partial charge in [-0.1, -0.05) is 12.1 Å². The molecule has 6 nitrogen and oxygen atoms in total. The molecule has 1 unspecified atom stereocenters. The number of halogens is 5. The van der Waals surface area contributed by atoms with Crippen molar-refractivity contribution in [2.24, 2.45) is 0 Å². The molecule has 208 valence electrons. The number of fused-ring (bicyclic) bond motifs is 1. The molecule has 0 fully saturated rings. The van der Waals surface area contributed by atoms with E-state index in [1.807, 2.05) is 0 Å². The Morgan fingerprint density at radius 2 is 1.77 bits per heavy atom. The fraction of sp³-hybridized carbons (Fsp3) is 0.296. The number of ether oxygens (including phenoxy) is 1. The summed E-state index contributed by atoms with van der Waals surface area (Å²) >= 11 is 0. The van der Waals surface area contributed by atoms with Crippen LogP contribution in [0.5, 0.6) is 5.75 Å². The average Bonchev–Trinajstić information content (AvgIpc) is 2.83. The van der Waals surface area contributed by atoms with Crippen molar-refractivity contribution in [1.29, 1.82) is 0 Å². The smallest absolute Gasteiger partial charge is 0.416 e. The first-order valence-electron chi connectivity index (χ1n) is 11.8. The molecule has 39 heavy (non-hydrogen) atoms. The molecule has 0 saturated heterocycles. The maximum Gasteiger partial charge on any atom is 0.416 e. The monoisotopic (exact) mass is 568 g/mol. The van der Waals surface area contributed by atoms with Crippen LogP contribution in [-0.4, -0.2) is 32.5 Å². The van der Waals surface area contributed by atoms with Crippen molar-refractivity contribution >= 4 is 21.6 Å². The zero-order valence-corrected chi connectivity index (χ0v) is 22.0. The van der Waals surface area contributed by atoms with Gasteiger partial charge in [0.05, 0.1) is 22.7 Å². The van der Waals surface area contributed by atoms with Gasteiger partial charge in [-0.3, -0.25) is 9.10 Å². The molecule has 0 aromatic heterocycles.